The molecule has 0 unspecified atom stereocenters. The fourth-order valence-electron chi connectivity index (χ4n) is 4.03. The highest BCUT2D eigenvalue weighted by molar-refractivity contribution is 6.99. The molecule has 0 aliphatic heterocycles. The van der Waals surface area contributed by atoms with Crippen molar-refractivity contribution in [2.24, 2.45) is 0 Å². The van der Waals surface area contributed by atoms with Crippen LogP contribution in [0.5, 0.6) is 0 Å². The van der Waals surface area contributed by atoms with E-state index < -0.39 is 22.4 Å². The van der Waals surface area contributed by atoms with Gasteiger partial charge in [-0.25, -0.2) is 0 Å². The molecule has 2 aromatic rings. The molecular weight excluding hydrogens is 537 g/mol. The van der Waals surface area contributed by atoms with Crippen molar-refractivity contribution in [3.63, 3.8) is 0 Å². The van der Waals surface area contributed by atoms with Crippen LogP contribution in [0.4, 0.5) is 0 Å². The van der Waals surface area contributed by atoms with Crippen LogP contribution < -0.4 is 10.4 Å². The van der Waals surface area contributed by atoms with Gasteiger partial charge in [0, 0.05) is 39.9 Å². The molecule has 40 heavy (non-hydrogen) atoms. The maximum Gasteiger partial charge on any atom is 0.261 e. The van der Waals surface area contributed by atoms with Gasteiger partial charge in [0.2, 0.25) is 0 Å². The molecule has 0 radical (unpaired) electrons. The van der Waals surface area contributed by atoms with Gasteiger partial charge in [-0.3, -0.25) is 19.2 Å². The topological polar surface area (TPSA) is 86.7 Å². The van der Waals surface area contributed by atoms with E-state index in [0.717, 1.165) is 0 Å². The molecule has 6 nitrogen and oxygen atoms in total. The van der Waals surface area contributed by atoms with Crippen LogP contribution in [0.1, 0.15) is 68.2 Å². The Balaban J connectivity index is 0.000000459. The van der Waals surface area contributed by atoms with Crippen molar-refractivity contribution in [3.05, 3.63) is 60.7 Å². The molecule has 0 fully saturated rings. The molecule has 0 bridgehead atoms. The number of benzene rings is 2. The Morgan fingerprint density at radius 1 is 0.600 bits per heavy atom. The molecule has 0 amide bonds. The Morgan fingerprint density at radius 3 is 1.25 bits per heavy atom. The first-order valence-corrected chi connectivity index (χ1v) is 18.6. The fourth-order valence-corrected chi connectivity index (χ4v) is 9.63. The molecule has 0 spiro atoms. The van der Waals surface area contributed by atoms with Crippen molar-refractivity contribution in [2.75, 3.05) is 13.2 Å². The maximum absolute atomic E-state index is 11.7. The lowest BCUT2D eigenvalue weighted by Gasteiger charge is -2.43. The quantitative estimate of drug-likeness (QED) is 0.236. The van der Waals surface area contributed by atoms with E-state index in [1.54, 1.807) is 0 Å². The summed E-state index contributed by atoms with van der Waals surface area (Å²) in [6.45, 7) is 20.5. The van der Waals surface area contributed by atoms with Crippen LogP contribution in [0.2, 0.25) is 23.2 Å². The van der Waals surface area contributed by atoms with E-state index in [0.29, 0.717) is 6.61 Å². The van der Waals surface area contributed by atoms with Gasteiger partial charge in [0.1, 0.15) is 0 Å². The fraction of sp³-hybridized carbons (Fsp3) is 0.500. The zero-order valence-corrected chi connectivity index (χ0v) is 28.1. The van der Waals surface area contributed by atoms with Gasteiger partial charge >= 0.3 is 0 Å². The molecule has 0 N–H and O–H groups in total. The van der Waals surface area contributed by atoms with Gasteiger partial charge in [-0.2, -0.15) is 0 Å². The number of ketones is 4. The van der Waals surface area contributed by atoms with E-state index in [9.17, 15) is 19.2 Å². The molecule has 0 aromatic heterocycles. The molecule has 0 atom stereocenters. The third kappa shape index (κ3) is 9.83. The summed E-state index contributed by atoms with van der Waals surface area (Å²) in [7, 11) is -4.38. The minimum atomic E-state index is -2.61. The van der Waals surface area contributed by atoms with E-state index in [2.05, 4.69) is 78.9 Å². The highest BCUT2D eigenvalue weighted by atomic mass is 28.4. The monoisotopic (exact) mass is 584 g/mol. The van der Waals surface area contributed by atoms with Gasteiger partial charge in [0.15, 0.2) is 31.5 Å². The molecule has 8 heteroatoms. The third-order valence-corrected chi connectivity index (χ3v) is 17.0. The standard InChI is InChI=1S/C21H26O3Si.C11H22O3Si/c1-17(22)20(23)15-16-24-25(21(2,3)4,18-11-7-5-8-12-18)19-13-9-6-10-14-19;1-9(12)10(13)7-8-14-15(5,6)11(2,3)4/h5-14H,15-16H2,1-4H3;7-8H2,1-6H3. The van der Waals surface area contributed by atoms with Crippen molar-refractivity contribution in [3.8, 4) is 0 Å². The van der Waals surface area contributed by atoms with Crippen molar-refractivity contribution < 1.29 is 28.0 Å². The normalized spacial score (nSPS) is 12.2. The number of hydrogen-bond donors (Lipinski definition) is 0. The van der Waals surface area contributed by atoms with Crippen molar-refractivity contribution in [1.29, 1.82) is 0 Å². The minimum absolute atomic E-state index is 0.125. The number of carbonyl (C=O) groups excluding carboxylic acids is 4. The van der Waals surface area contributed by atoms with E-state index in [4.69, 9.17) is 8.85 Å². The van der Waals surface area contributed by atoms with Crippen LogP contribution in [0.25, 0.3) is 0 Å². The minimum Gasteiger partial charge on any atom is -0.416 e. The van der Waals surface area contributed by atoms with Gasteiger partial charge < -0.3 is 8.85 Å². The van der Waals surface area contributed by atoms with Crippen LogP contribution in [0, 0.1) is 0 Å². The molecule has 0 aliphatic rings. The van der Waals surface area contributed by atoms with Crippen LogP contribution >= 0.6 is 0 Å². The van der Waals surface area contributed by atoms with Crippen LogP contribution in [-0.4, -0.2) is 53.0 Å². The molecule has 0 aliphatic carbocycles. The summed E-state index contributed by atoms with van der Waals surface area (Å²) in [5, 5.41) is 2.36. The second-order valence-corrected chi connectivity index (χ2v) is 21.7. The van der Waals surface area contributed by atoms with Crippen LogP contribution in [0.3, 0.4) is 0 Å². The van der Waals surface area contributed by atoms with E-state index in [1.807, 2.05) is 36.4 Å². The summed E-state index contributed by atoms with van der Waals surface area (Å²) in [5.41, 5.74) is 0. The Morgan fingerprint density at radius 2 is 0.950 bits per heavy atom. The van der Waals surface area contributed by atoms with E-state index in [1.165, 1.54) is 24.2 Å². The summed E-state index contributed by atoms with van der Waals surface area (Å²) in [6, 6.07) is 20.5. The van der Waals surface area contributed by atoms with Crippen molar-refractivity contribution in [2.45, 2.75) is 91.4 Å². The van der Waals surface area contributed by atoms with Gasteiger partial charge in [0.25, 0.3) is 8.32 Å². The Kier molecular flexibility index (Phi) is 13.2. The van der Waals surface area contributed by atoms with Crippen LogP contribution in [0.15, 0.2) is 60.7 Å². The molecule has 2 aromatic carbocycles. The average molecular weight is 585 g/mol. The molecule has 0 saturated heterocycles. The smallest absolute Gasteiger partial charge is 0.261 e. The average Bonchev–Trinajstić information content (AvgIpc) is 2.86. The summed E-state index contributed by atoms with van der Waals surface area (Å²) >= 11 is 0. The van der Waals surface area contributed by atoms with Gasteiger partial charge in [-0.05, 0) is 33.5 Å². The predicted molar refractivity (Wildman–Crippen MR) is 167 cm³/mol. The highest BCUT2D eigenvalue weighted by Gasteiger charge is 2.50. The van der Waals surface area contributed by atoms with E-state index in [-0.39, 0.29) is 46.9 Å². The largest absolute Gasteiger partial charge is 0.416 e. The lowest BCUT2D eigenvalue weighted by atomic mass is 10.2. The number of rotatable bonds is 12. The van der Waals surface area contributed by atoms with E-state index >= 15 is 0 Å². The van der Waals surface area contributed by atoms with Crippen molar-refractivity contribution in [1.82, 2.24) is 0 Å². The Labute approximate surface area is 243 Å². The summed E-state index contributed by atoms with van der Waals surface area (Å²) in [6.07, 6.45) is 0.335. The first-order chi connectivity index (χ1) is 18.4. The highest BCUT2D eigenvalue weighted by Crippen LogP contribution is 2.37. The zero-order valence-electron chi connectivity index (χ0n) is 26.1. The second kappa shape index (κ2) is 14.9. The molecule has 0 saturated carbocycles. The summed E-state index contributed by atoms with van der Waals surface area (Å²) in [4.78, 5) is 44.7. The third-order valence-electron chi connectivity index (χ3n) is 7.45. The molecule has 220 valence electrons. The SMILES string of the molecule is CC(=O)C(=O)CCO[Si](C)(C)C(C)(C)C.CC(=O)C(=O)CCO[Si](c1ccccc1)(c1ccccc1)C(C)(C)C. The molecule has 0 heterocycles. The summed E-state index contributed by atoms with van der Waals surface area (Å²) in [5.74, 6) is -1.51. The first-order valence-electron chi connectivity index (χ1n) is 13.8. The second-order valence-electron chi connectivity index (χ2n) is 12.6. The van der Waals surface area contributed by atoms with Gasteiger partial charge in [-0.1, -0.05) is 102 Å². The number of hydrogen-bond acceptors (Lipinski definition) is 6. The first kappa shape index (κ1) is 35.5. The lowest BCUT2D eigenvalue weighted by molar-refractivity contribution is -0.135. The van der Waals surface area contributed by atoms with Crippen LogP contribution in [-0.2, 0) is 28.0 Å². The van der Waals surface area contributed by atoms with Crippen molar-refractivity contribution >= 4 is 50.1 Å². The Bertz CT molecular complexity index is 1090. The molecule has 2 rings (SSSR count). The zero-order chi connectivity index (χ0) is 30.8. The van der Waals surface area contributed by atoms with Gasteiger partial charge in [0.05, 0.1) is 0 Å². The molecular formula is C32H48O6Si2. The lowest BCUT2D eigenvalue weighted by Crippen LogP contribution is -2.66. The summed E-state index contributed by atoms with van der Waals surface area (Å²) < 4.78 is 12.3. The maximum atomic E-state index is 11.7. The Hall–Kier alpha value is -2.53. The number of carbonyl (C=O) groups is 4. The van der Waals surface area contributed by atoms with Gasteiger partial charge in [-0.15, -0.1) is 0 Å². The number of Topliss-reactive ketones (excluding diaryl/α,β-unsaturated/α-hetero) is 4. The predicted octanol–water partition coefficient (Wildman–Crippen LogP) is 5.67.